The second-order valence-electron chi connectivity index (χ2n) is 4.91. The predicted molar refractivity (Wildman–Crippen MR) is 74.0 cm³/mol. The first-order chi connectivity index (χ1) is 9.22. The molecule has 0 radical (unpaired) electrons. The van der Waals surface area contributed by atoms with Crippen LogP contribution in [-0.2, 0) is 0 Å². The summed E-state index contributed by atoms with van der Waals surface area (Å²) in [5.41, 5.74) is 2.45. The van der Waals surface area contributed by atoms with Crippen LogP contribution in [0.25, 0.3) is 0 Å². The lowest BCUT2D eigenvalue weighted by molar-refractivity contribution is 0.290. The quantitative estimate of drug-likeness (QED) is 0.566. The van der Waals surface area contributed by atoms with Crippen LogP contribution < -0.4 is 20.9 Å². The van der Waals surface area contributed by atoms with Crippen molar-refractivity contribution in [1.29, 1.82) is 0 Å². The molecule has 1 heterocycles. The van der Waals surface area contributed by atoms with Gasteiger partial charge in [-0.1, -0.05) is 13.3 Å². The summed E-state index contributed by atoms with van der Waals surface area (Å²) < 4.78 is 5.45. The highest BCUT2D eigenvalue weighted by Crippen LogP contribution is 2.27. The topological polar surface area (TPSA) is 89.2 Å². The summed E-state index contributed by atoms with van der Waals surface area (Å²) in [6, 6.07) is 0.320. The first-order valence-corrected chi connectivity index (χ1v) is 6.79. The Bertz CT molecular complexity index is 409. The number of nitrogen functional groups attached to an aromatic ring is 1. The molecule has 0 spiro atoms. The van der Waals surface area contributed by atoms with Crippen LogP contribution in [0.15, 0.2) is 0 Å². The van der Waals surface area contributed by atoms with Gasteiger partial charge in [-0.2, -0.15) is 15.0 Å². The van der Waals surface area contributed by atoms with Crippen molar-refractivity contribution < 1.29 is 4.74 Å². The number of aromatic nitrogens is 3. The average molecular weight is 266 g/mol. The monoisotopic (exact) mass is 266 g/mol. The minimum Gasteiger partial charge on any atom is -0.463 e. The largest absolute Gasteiger partial charge is 0.463 e. The van der Waals surface area contributed by atoms with Crippen LogP contribution in [0.5, 0.6) is 6.01 Å². The van der Waals surface area contributed by atoms with Crippen LogP contribution in [0.2, 0.25) is 0 Å². The van der Waals surface area contributed by atoms with E-state index < -0.39 is 0 Å². The lowest BCUT2D eigenvalue weighted by atomic mass is 9.85. The number of nitrogens with one attached hydrogen (secondary N) is 1. The van der Waals surface area contributed by atoms with Crippen molar-refractivity contribution in [3.8, 4) is 6.01 Å². The summed E-state index contributed by atoms with van der Waals surface area (Å²) >= 11 is 0. The molecule has 1 fully saturated rings. The molecular formula is C12H22N6O. The van der Waals surface area contributed by atoms with Crippen molar-refractivity contribution in [2.45, 2.75) is 32.6 Å². The number of hydrogen-bond donors (Lipinski definition) is 2. The highest BCUT2D eigenvalue weighted by atomic mass is 16.5. The summed E-state index contributed by atoms with van der Waals surface area (Å²) in [5, 5.41) is 0. The van der Waals surface area contributed by atoms with Crippen molar-refractivity contribution in [3.05, 3.63) is 0 Å². The first kappa shape index (κ1) is 13.8. The summed E-state index contributed by atoms with van der Waals surface area (Å²) in [4.78, 5) is 14.7. The van der Waals surface area contributed by atoms with E-state index in [2.05, 4.69) is 20.4 Å². The van der Waals surface area contributed by atoms with Crippen LogP contribution in [0.1, 0.15) is 32.6 Å². The molecule has 0 aliphatic heterocycles. The summed E-state index contributed by atoms with van der Waals surface area (Å²) in [7, 11) is 1.98. The Morgan fingerprint density at radius 3 is 2.74 bits per heavy atom. The second kappa shape index (κ2) is 6.51. The van der Waals surface area contributed by atoms with Crippen LogP contribution >= 0.6 is 0 Å². The van der Waals surface area contributed by atoms with Gasteiger partial charge in [-0.3, -0.25) is 5.43 Å². The van der Waals surface area contributed by atoms with Crippen LogP contribution in [0.4, 0.5) is 11.9 Å². The fourth-order valence-corrected chi connectivity index (χ4v) is 1.98. The number of nitrogens with two attached hydrogens (primary N) is 1. The molecule has 0 atom stereocenters. The third-order valence-corrected chi connectivity index (χ3v) is 3.27. The average Bonchev–Trinajstić information content (AvgIpc) is 2.39. The molecule has 19 heavy (non-hydrogen) atoms. The third-order valence-electron chi connectivity index (χ3n) is 3.27. The van der Waals surface area contributed by atoms with E-state index in [0.29, 0.717) is 24.5 Å². The molecule has 0 amide bonds. The molecule has 106 valence electrons. The van der Waals surface area contributed by atoms with Crippen molar-refractivity contribution in [1.82, 2.24) is 15.0 Å². The van der Waals surface area contributed by atoms with E-state index in [9.17, 15) is 0 Å². The van der Waals surface area contributed by atoms with E-state index in [1.807, 2.05) is 18.9 Å². The standard InChI is InChI=1S/C12H22N6O/c1-3-7-19-12-15-10(17-13)14-11(16-12)18(2)8-9-5-4-6-9/h9H,3-8,13H2,1-2H3,(H,14,15,16,17). The SMILES string of the molecule is CCCOc1nc(NN)nc(N(C)CC2CCC2)n1. The molecule has 1 aromatic heterocycles. The Morgan fingerprint density at radius 1 is 1.37 bits per heavy atom. The molecule has 0 aromatic carbocycles. The number of hydrogen-bond acceptors (Lipinski definition) is 7. The molecule has 7 nitrogen and oxygen atoms in total. The zero-order valence-electron chi connectivity index (χ0n) is 11.6. The third kappa shape index (κ3) is 3.66. The van der Waals surface area contributed by atoms with Gasteiger partial charge in [-0.25, -0.2) is 5.84 Å². The van der Waals surface area contributed by atoms with Gasteiger partial charge in [0, 0.05) is 13.6 Å². The number of ether oxygens (including phenoxy) is 1. The maximum Gasteiger partial charge on any atom is 0.323 e. The Balaban J connectivity index is 2.07. The van der Waals surface area contributed by atoms with Crippen LogP contribution in [0.3, 0.4) is 0 Å². The van der Waals surface area contributed by atoms with Crippen molar-refractivity contribution in [2.24, 2.45) is 11.8 Å². The van der Waals surface area contributed by atoms with Crippen LogP contribution in [-0.4, -0.2) is 35.2 Å². The Morgan fingerprint density at radius 2 is 2.16 bits per heavy atom. The summed E-state index contributed by atoms with van der Waals surface area (Å²) in [6.45, 7) is 3.58. The molecule has 1 aliphatic rings. The van der Waals surface area contributed by atoms with E-state index in [-0.39, 0.29) is 0 Å². The zero-order valence-corrected chi connectivity index (χ0v) is 11.6. The maximum atomic E-state index is 5.45. The second-order valence-corrected chi connectivity index (χ2v) is 4.91. The van der Waals surface area contributed by atoms with E-state index in [4.69, 9.17) is 10.6 Å². The van der Waals surface area contributed by atoms with Crippen LogP contribution in [0, 0.1) is 5.92 Å². The molecule has 0 bridgehead atoms. The van der Waals surface area contributed by atoms with Gasteiger partial charge in [0.15, 0.2) is 0 Å². The van der Waals surface area contributed by atoms with Gasteiger partial charge in [-0.05, 0) is 25.2 Å². The first-order valence-electron chi connectivity index (χ1n) is 6.79. The molecular weight excluding hydrogens is 244 g/mol. The molecule has 1 aromatic rings. The summed E-state index contributed by atoms with van der Waals surface area (Å²) in [6.07, 6.45) is 4.81. The van der Waals surface area contributed by atoms with E-state index in [1.54, 1.807) is 0 Å². The number of anilines is 2. The van der Waals surface area contributed by atoms with Gasteiger partial charge >= 0.3 is 6.01 Å². The van der Waals surface area contributed by atoms with Gasteiger partial charge in [0.1, 0.15) is 0 Å². The normalized spacial score (nSPS) is 14.9. The fraction of sp³-hybridized carbons (Fsp3) is 0.750. The molecule has 7 heteroatoms. The molecule has 3 N–H and O–H groups in total. The minimum atomic E-state index is 0.320. The molecule has 0 saturated heterocycles. The van der Waals surface area contributed by atoms with E-state index in [0.717, 1.165) is 18.9 Å². The van der Waals surface area contributed by atoms with Crippen molar-refractivity contribution >= 4 is 11.9 Å². The van der Waals surface area contributed by atoms with Gasteiger partial charge in [-0.15, -0.1) is 0 Å². The Labute approximate surface area is 113 Å². The molecule has 1 saturated carbocycles. The summed E-state index contributed by atoms with van der Waals surface area (Å²) in [5.74, 6) is 7.05. The number of nitrogens with zero attached hydrogens (tertiary/aromatic N) is 4. The smallest absolute Gasteiger partial charge is 0.323 e. The van der Waals surface area contributed by atoms with Gasteiger partial charge in [0.05, 0.1) is 6.61 Å². The highest BCUT2D eigenvalue weighted by molar-refractivity contribution is 5.37. The minimum absolute atomic E-state index is 0.320. The Hall–Kier alpha value is -1.63. The highest BCUT2D eigenvalue weighted by Gasteiger charge is 2.21. The zero-order chi connectivity index (χ0) is 13.7. The van der Waals surface area contributed by atoms with E-state index in [1.165, 1.54) is 19.3 Å². The van der Waals surface area contributed by atoms with Crippen molar-refractivity contribution in [3.63, 3.8) is 0 Å². The number of rotatable bonds is 7. The predicted octanol–water partition coefficient (Wildman–Crippen LogP) is 1.18. The fourth-order valence-electron chi connectivity index (χ4n) is 1.98. The molecule has 1 aliphatic carbocycles. The number of hydrazine groups is 1. The molecule has 2 rings (SSSR count). The van der Waals surface area contributed by atoms with E-state index >= 15 is 0 Å². The lowest BCUT2D eigenvalue weighted by Crippen LogP contribution is -2.31. The molecule has 0 unspecified atom stereocenters. The maximum absolute atomic E-state index is 5.45. The van der Waals surface area contributed by atoms with Gasteiger partial charge in [0.25, 0.3) is 0 Å². The Kier molecular flexibility index (Phi) is 4.73. The van der Waals surface area contributed by atoms with Gasteiger partial charge in [0.2, 0.25) is 11.9 Å². The van der Waals surface area contributed by atoms with Crippen molar-refractivity contribution in [2.75, 3.05) is 30.5 Å². The van der Waals surface area contributed by atoms with Gasteiger partial charge < -0.3 is 9.64 Å². The lowest BCUT2D eigenvalue weighted by Gasteiger charge is -2.30.